The van der Waals surface area contributed by atoms with Crippen molar-refractivity contribution in [3.63, 3.8) is 0 Å². The van der Waals surface area contributed by atoms with Crippen LogP contribution in [0, 0.1) is 0 Å². The van der Waals surface area contributed by atoms with Crippen molar-refractivity contribution in [2.75, 3.05) is 13.1 Å². The zero-order valence-corrected chi connectivity index (χ0v) is 13.8. The average molecular weight is 374 g/mol. The highest BCUT2D eigenvalue weighted by molar-refractivity contribution is 6.01. The number of hydrogen-bond donors (Lipinski definition) is 1. The van der Waals surface area contributed by atoms with Gasteiger partial charge in [-0.25, -0.2) is 0 Å². The van der Waals surface area contributed by atoms with Gasteiger partial charge in [-0.05, 0) is 37.8 Å². The van der Waals surface area contributed by atoms with E-state index in [1.54, 1.807) is 0 Å². The number of benzene rings is 1. The fourth-order valence-electron chi connectivity index (χ4n) is 3.60. The molecule has 2 heterocycles. The number of alkyl halides is 4. The first-order valence-electron chi connectivity index (χ1n) is 8.32. The number of likely N-dealkylation sites (tertiary alicyclic amines) is 1. The maximum absolute atomic E-state index is 13.3. The third-order valence-corrected chi connectivity index (χ3v) is 4.83. The Morgan fingerprint density at radius 2 is 1.92 bits per heavy atom. The second kappa shape index (κ2) is 6.77. The maximum atomic E-state index is 13.3. The van der Waals surface area contributed by atoms with Gasteiger partial charge in [0.05, 0.1) is 5.56 Å². The van der Waals surface area contributed by atoms with E-state index in [1.807, 2.05) is 0 Å². The first-order chi connectivity index (χ1) is 12.3. The SMILES string of the molecule is O=C(c1ccccc1OC(F)(F)C(F)F)N1CCCC12CCCNC2=O. The Hall–Kier alpha value is -2.32. The van der Waals surface area contributed by atoms with Gasteiger partial charge in [0.2, 0.25) is 5.91 Å². The summed E-state index contributed by atoms with van der Waals surface area (Å²) < 4.78 is 55.6. The van der Waals surface area contributed by atoms with Crippen LogP contribution in [0.5, 0.6) is 5.75 Å². The molecule has 3 rings (SSSR count). The zero-order valence-electron chi connectivity index (χ0n) is 13.8. The van der Waals surface area contributed by atoms with E-state index < -0.39 is 29.7 Å². The number of para-hydroxylation sites is 1. The van der Waals surface area contributed by atoms with Crippen molar-refractivity contribution >= 4 is 11.8 Å². The van der Waals surface area contributed by atoms with Crippen LogP contribution in [0.4, 0.5) is 17.6 Å². The molecule has 9 heteroatoms. The van der Waals surface area contributed by atoms with Crippen LogP contribution in [0.15, 0.2) is 24.3 Å². The van der Waals surface area contributed by atoms with Crippen molar-refractivity contribution in [3.8, 4) is 5.75 Å². The molecule has 0 radical (unpaired) electrons. The van der Waals surface area contributed by atoms with Crippen LogP contribution in [-0.2, 0) is 4.79 Å². The summed E-state index contributed by atoms with van der Waals surface area (Å²) in [6.45, 7) is 0.800. The highest BCUT2D eigenvalue weighted by Crippen LogP contribution is 2.38. The van der Waals surface area contributed by atoms with E-state index in [-0.39, 0.29) is 18.0 Å². The van der Waals surface area contributed by atoms with Crippen LogP contribution >= 0.6 is 0 Å². The molecule has 26 heavy (non-hydrogen) atoms. The Morgan fingerprint density at radius 1 is 1.23 bits per heavy atom. The molecule has 0 aliphatic carbocycles. The molecule has 5 nitrogen and oxygen atoms in total. The van der Waals surface area contributed by atoms with Gasteiger partial charge < -0.3 is 15.0 Å². The Kier molecular flexibility index (Phi) is 4.81. The molecule has 2 fully saturated rings. The van der Waals surface area contributed by atoms with E-state index in [9.17, 15) is 27.2 Å². The lowest BCUT2D eigenvalue weighted by molar-refractivity contribution is -0.253. The first kappa shape index (κ1) is 18.5. The van der Waals surface area contributed by atoms with Crippen LogP contribution < -0.4 is 10.1 Å². The number of piperidine rings is 1. The molecule has 1 spiro atoms. The number of hydrogen-bond acceptors (Lipinski definition) is 3. The third-order valence-electron chi connectivity index (χ3n) is 4.83. The largest absolute Gasteiger partial charge is 0.461 e. The van der Waals surface area contributed by atoms with E-state index in [0.29, 0.717) is 32.2 Å². The summed E-state index contributed by atoms with van der Waals surface area (Å²) in [4.78, 5) is 26.7. The highest BCUT2D eigenvalue weighted by Gasteiger charge is 2.51. The number of amides is 2. The lowest BCUT2D eigenvalue weighted by atomic mass is 9.86. The van der Waals surface area contributed by atoms with Crippen molar-refractivity contribution < 1.29 is 31.9 Å². The van der Waals surface area contributed by atoms with Gasteiger partial charge in [0.15, 0.2) is 0 Å². The third kappa shape index (κ3) is 3.10. The number of rotatable bonds is 4. The molecule has 0 aromatic heterocycles. The molecular weight excluding hydrogens is 356 g/mol. The van der Waals surface area contributed by atoms with Crippen LogP contribution in [0.2, 0.25) is 0 Å². The normalized spacial score (nSPS) is 23.4. The van der Waals surface area contributed by atoms with Gasteiger partial charge >= 0.3 is 12.5 Å². The molecule has 0 saturated carbocycles. The second-order valence-corrected chi connectivity index (χ2v) is 6.41. The van der Waals surface area contributed by atoms with Crippen molar-refractivity contribution in [2.45, 2.75) is 43.8 Å². The van der Waals surface area contributed by atoms with E-state index in [0.717, 1.165) is 6.07 Å². The van der Waals surface area contributed by atoms with Gasteiger partial charge in [0.25, 0.3) is 5.91 Å². The molecule has 142 valence electrons. The van der Waals surface area contributed by atoms with E-state index in [1.165, 1.54) is 23.1 Å². The standard InChI is InChI=1S/C17H18F4N2O3/c18-14(19)17(20,21)26-12-6-2-1-5-11(12)13(24)23-10-4-8-16(23)7-3-9-22-15(16)25/h1-2,5-6,14H,3-4,7-10H2,(H,22,25). The average Bonchev–Trinajstić information content (AvgIpc) is 3.01. The summed E-state index contributed by atoms with van der Waals surface area (Å²) in [5.74, 6) is -1.59. The van der Waals surface area contributed by atoms with E-state index >= 15 is 0 Å². The van der Waals surface area contributed by atoms with Crippen molar-refractivity contribution in [2.24, 2.45) is 0 Å². The fraction of sp³-hybridized carbons (Fsp3) is 0.529. The Bertz CT molecular complexity index is 713. The van der Waals surface area contributed by atoms with Crippen molar-refractivity contribution in [1.29, 1.82) is 0 Å². The summed E-state index contributed by atoms with van der Waals surface area (Å²) in [6.07, 6.45) is -6.53. The molecule has 1 aromatic carbocycles. The number of carbonyl (C=O) groups is 2. The molecule has 1 unspecified atom stereocenters. The number of nitrogens with one attached hydrogen (secondary N) is 1. The summed E-state index contributed by atoms with van der Waals surface area (Å²) in [5.41, 5.74) is -1.29. The predicted octanol–water partition coefficient (Wildman–Crippen LogP) is 2.81. The summed E-state index contributed by atoms with van der Waals surface area (Å²) in [7, 11) is 0. The summed E-state index contributed by atoms with van der Waals surface area (Å²) >= 11 is 0. The molecule has 1 atom stereocenters. The molecule has 1 N–H and O–H groups in total. The predicted molar refractivity (Wildman–Crippen MR) is 83.3 cm³/mol. The van der Waals surface area contributed by atoms with Gasteiger partial charge in [-0.1, -0.05) is 12.1 Å². The first-order valence-corrected chi connectivity index (χ1v) is 8.32. The molecular formula is C17H18F4N2O3. The lowest BCUT2D eigenvalue weighted by Gasteiger charge is -2.40. The van der Waals surface area contributed by atoms with Gasteiger partial charge in [0.1, 0.15) is 11.3 Å². The Morgan fingerprint density at radius 3 is 2.62 bits per heavy atom. The van der Waals surface area contributed by atoms with Gasteiger partial charge in [-0.3, -0.25) is 9.59 Å². The molecule has 2 aliphatic rings. The number of ether oxygens (including phenoxy) is 1. The van der Waals surface area contributed by atoms with Crippen LogP contribution in [-0.4, -0.2) is 47.9 Å². The number of carbonyl (C=O) groups excluding carboxylic acids is 2. The minimum atomic E-state index is -4.72. The molecule has 1 aromatic rings. The monoisotopic (exact) mass is 374 g/mol. The van der Waals surface area contributed by atoms with E-state index in [4.69, 9.17) is 0 Å². The minimum Gasteiger partial charge on any atom is -0.427 e. The summed E-state index contributed by atoms with van der Waals surface area (Å²) in [5, 5.41) is 2.74. The van der Waals surface area contributed by atoms with Gasteiger partial charge in [0, 0.05) is 13.1 Å². The highest BCUT2D eigenvalue weighted by atomic mass is 19.3. The fourth-order valence-corrected chi connectivity index (χ4v) is 3.60. The zero-order chi connectivity index (χ0) is 18.9. The molecule has 2 aliphatic heterocycles. The maximum Gasteiger partial charge on any atom is 0.461 e. The van der Waals surface area contributed by atoms with Crippen molar-refractivity contribution in [1.82, 2.24) is 10.2 Å². The molecule has 2 saturated heterocycles. The summed E-state index contributed by atoms with van der Waals surface area (Å²) in [6, 6.07) is 4.99. The van der Waals surface area contributed by atoms with Gasteiger partial charge in [-0.2, -0.15) is 17.6 Å². The Balaban J connectivity index is 1.92. The molecule has 2 amide bonds. The van der Waals surface area contributed by atoms with Crippen LogP contribution in [0.1, 0.15) is 36.0 Å². The lowest BCUT2D eigenvalue weighted by Crippen LogP contribution is -2.60. The minimum absolute atomic E-state index is 0.271. The Labute approximate surface area is 147 Å². The van der Waals surface area contributed by atoms with E-state index in [2.05, 4.69) is 10.1 Å². The smallest absolute Gasteiger partial charge is 0.427 e. The number of halogens is 4. The van der Waals surface area contributed by atoms with Crippen molar-refractivity contribution in [3.05, 3.63) is 29.8 Å². The topological polar surface area (TPSA) is 58.6 Å². The van der Waals surface area contributed by atoms with Gasteiger partial charge in [-0.15, -0.1) is 0 Å². The second-order valence-electron chi connectivity index (χ2n) is 6.41. The van der Waals surface area contributed by atoms with Crippen LogP contribution in [0.3, 0.4) is 0 Å². The number of nitrogens with zero attached hydrogens (tertiary/aromatic N) is 1. The van der Waals surface area contributed by atoms with Crippen LogP contribution in [0.25, 0.3) is 0 Å². The quantitative estimate of drug-likeness (QED) is 0.825. The molecule has 0 bridgehead atoms.